The van der Waals surface area contributed by atoms with Gasteiger partial charge in [-0.3, -0.25) is 4.79 Å². The van der Waals surface area contributed by atoms with E-state index in [0.717, 1.165) is 23.9 Å². The van der Waals surface area contributed by atoms with E-state index in [2.05, 4.69) is 31.2 Å². The van der Waals surface area contributed by atoms with E-state index < -0.39 is 21.5 Å². The van der Waals surface area contributed by atoms with E-state index in [1.807, 2.05) is 4.90 Å². The maximum Gasteiger partial charge on any atom is 0.235 e. The monoisotopic (exact) mass is 452 g/mol. The Labute approximate surface area is 167 Å². The van der Waals surface area contributed by atoms with E-state index in [0.29, 0.717) is 18.1 Å². The standard InChI is InChI=1S/C18H21BrN4O3S/c19-15-6-4-14(5-7-15)12-27(25,26)13-17(24)22-16-3-1-10-23(11-16)18-20-8-2-9-21-18/h2,4-9,16H,1,3,10-13H2,(H,22,24). The fourth-order valence-electron chi connectivity index (χ4n) is 3.09. The average molecular weight is 453 g/mol. The fraction of sp³-hybridized carbons (Fsp3) is 0.389. The first kappa shape index (κ1) is 19.8. The highest BCUT2D eigenvalue weighted by molar-refractivity contribution is 9.10. The summed E-state index contributed by atoms with van der Waals surface area (Å²) in [6.07, 6.45) is 5.05. The molecule has 2 aromatic rings. The summed E-state index contributed by atoms with van der Waals surface area (Å²) < 4.78 is 25.5. The van der Waals surface area contributed by atoms with Crippen LogP contribution in [0.5, 0.6) is 0 Å². The van der Waals surface area contributed by atoms with Gasteiger partial charge in [0, 0.05) is 36.0 Å². The third kappa shape index (κ3) is 6.00. The molecule has 144 valence electrons. The summed E-state index contributed by atoms with van der Waals surface area (Å²) in [5, 5.41) is 2.85. The number of anilines is 1. The molecule has 1 aromatic heterocycles. The Balaban J connectivity index is 1.54. The fourth-order valence-corrected chi connectivity index (χ4v) is 4.64. The Morgan fingerprint density at radius 3 is 2.63 bits per heavy atom. The Morgan fingerprint density at radius 1 is 1.22 bits per heavy atom. The van der Waals surface area contributed by atoms with Crippen LogP contribution >= 0.6 is 15.9 Å². The Morgan fingerprint density at radius 2 is 1.93 bits per heavy atom. The van der Waals surface area contributed by atoms with E-state index in [1.165, 1.54) is 0 Å². The van der Waals surface area contributed by atoms with E-state index in [4.69, 9.17) is 0 Å². The Hall–Kier alpha value is -2.00. The summed E-state index contributed by atoms with van der Waals surface area (Å²) in [4.78, 5) is 22.7. The van der Waals surface area contributed by atoms with Gasteiger partial charge in [-0.25, -0.2) is 18.4 Å². The van der Waals surface area contributed by atoms with Crippen molar-refractivity contribution in [2.24, 2.45) is 0 Å². The van der Waals surface area contributed by atoms with Crippen LogP contribution < -0.4 is 10.2 Å². The minimum atomic E-state index is -3.53. The van der Waals surface area contributed by atoms with Gasteiger partial charge in [0.2, 0.25) is 11.9 Å². The molecule has 1 aliphatic heterocycles. The van der Waals surface area contributed by atoms with Crippen LogP contribution in [0.1, 0.15) is 18.4 Å². The molecule has 1 atom stereocenters. The molecule has 1 N–H and O–H groups in total. The van der Waals surface area contributed by atoms with Crippen LogP contribution in [0.15, 0.2) is 47.2 Å². The molecule has 3 rings (SSSR count). The first-order valence-electron chi connectivity index (χ1n) is 8.67. The highest BCUT2D eigenvalue weighted by Crippen LogP contribution is 2.16. The van der Waals surface area contributed by atoms with Crippen LogP contribution in [0.25, 0.3) is 0 Å². The van der Waals surface area contributed by atoms with Crippen molar-refractivity contribution in [3.63, 3.8) is 0 Å². The maximum atomic E-state index is 12.3. The second kappa shape index (κ2) is 8.79. The molecule has 0 radical (unpaired) electrons. The predicted molar refractivity (Wildman–Crippen MR) is 107 cm³/mol. The van der Waals surface area contributed by atoms with Gasteiger partial charge in [-0.2, -0.15) is 0 Å². The number of nitrogens with one attached hydrogen (secondary N) is 1. The van der Waals surface area contributed by atoms with Gasteiger partial charge in [0.1, 0.15) is 5.75 Å². The summed E-state index contributed by atoms with van der Waals surface area (Å²) >= 11 is 3.32. The number of sulfone groups is 1. The molecule has 7 nitrogen and oxygen atoms in total. The van der Waals surface area contributed by atoms with Gasteiger partial charge < -0.3 is 10.2 Å². The number of benzene rings is 1. The summed E-state index contributed by atoms with van der Waals surface area (Å²) in [6.45, 7) is 1.39. The molecule has 1 saturated heterocycles. The van der Waals surface area contributed by atoms with Crippen molar-refractivity contribution in [3.05, 3.63) is 52.8 Å². The summed E-state index contributed by atoms with van der Waals surface area (Å²) in [5.41, 5.74) is 0.663. The number of aromatic nitrogens is 2. The van der Waals surface area contributed by atoms with Gasteiger partial charge in [-0.05, 0) is 36.6 Å². The number of halogens is 1. The third-order valence-corrected chi connectivity index (χ3v) is 6.28. The zero-order valence-electron chi connectivity index (χ0n) is 14.7. The SMILES string of the molecule is O=C(CS(=O)(=O)Cc1ccc(Br)cc1)NC1CCCN(c2ncccn2)C1. The van der Waals surface area contributed by atoms with Gasteiger partial charge in [-0.1, -0.05) is 28.1 Å². The summed E-state index contributed by atoms with van der Waals surface area (Å²) in [6, 6.07) is 8.68. The van der Waals surface area contributed by atoms with E-state index in [9.17, 15) is 13.2 Å². The van der Waals surface area contributed by atoms with Crippen molar-refractivity contribution >= 4 is 37.6 Å². The molecule has 0 bridgehead atoms. The maximum absolute atomic E-state index is 12.3. The minimum absolute atomic E-state index is 0.113. The molecule has 1 unspecified atom stereocenters. The molecule has 2 heterocycles. The van der Waals surface area contributed by atoms with E-state index in [-0.39, 0.29) is 11.8 Å². The zero-order valence-corrected chi connectivity index (χ0v) is 17.1. The third-order valence-electron chi connectivity index (χ3n) is 4.27. The van der Waals surface area contributed by atoms with Crippen LogP contribution in [0.3, 0.4) is 0 Å². The van der Waals surface area contributed by atoms with Crippen LogP contribution in [0.4, 0.5) is 5.95 Å². The number of carbonyl (C=O) groups is 1. The number of nitrogens with zero attached hydrogens (tertiary/aromatic N) is 3. The summed E-state index contributed by atoms with van der Waals surface area (Å²) in [7, 11) is -3.53. The van der Waals surface area contributed by atoms with Crippen molar-refractivity contribution in [3.8, 4) is 0 Å². The lowest BCUT2D eigenvalue weighted by atomic mass is 10.1. The number of rotatable bonds is 6. The van der Waals surface area contributed by atoms with Gasteiger partial charge >= 0.3 is 0 Å². The van der Waals surface area contributed by atoms with Crippen molar-refractivity contribution < 1.29 is 13.2 Å². The van der Waals surface area contributed by atoms with Gasteiger partial charge in [0.05, 0.1) is 5.75 Å². The lowest BCUT2D eigenvalue weighted by Crippen LogP contribution is -2.49. The molecule has 1 aromatic carbocycles. The normalized spacial score (nSPS) is 17.5. The minimum Gasteiger partial charge on any atom is -0.351 e. The first-order chi connectivity index (χ1) is 12.9. The van der Waals surface area contributed by atoms with Crippen molar-refractivity contribution in [2.75, 3.05) is 23.7 Å². The Bertz CT molecular complexity index is 875. The quantitative estimate of drug-likeness (QED) is 0.719. The molecular formula is C18H21BrN4O3S. The zero-order chi connectivity index (χ0) is 19.3. The number of hydrogen-bond donors (Lipinski definition) is 1. The number of amides is 1. The number of piperidine rings is 1. The molecule has 0 spiro atoms. The van der Waals surface area contributed by atoms with E-state index in [1.54, 1.807) is 42.7 Å². The molecule has 27 heavy (non-hydrogen) atoms. The van der Waals surface area contributed by atoms with Crippen LogP contribution in [-0.2, 0) is 20.4 Å². The molecule has 1 aliphatic rings. The van der Waals surface area contributed by atoms with Crippen molar-refractivity contribution in [1.82, 2.24) is 15.3 Å². The molecule has 9 heteroatoms. The molecule has 1 amide bonds. The van der Waals surface area contributed by atoms with Crippen LogP contribution in [0, 0.1) is 0 Å². The topological polar surface area (TPSA) is 92.3 Å². The lowest BCUT2D eigenvalue weighted by Gasteiger charge is -2.33. The molecule has 1 fully saturated rings. The predicted octanol–water partition coefficient (Wildman–Crippen LogP) is 1.94. The molecule has 0 saturated carbocycles. The second-order valence-electron chi connectivity index (χ2n) is 6.56. The highest BCUT2D eigenvalue weighted by Gasteiger charge is 2.25. The Kier molecular flexibility index (Phi) is 6.43. The number of carbonyl (C=O) groups excluding carboxylic acids is 1. The average Bonchev–Trinajstić information content (AvgIpc) is 2.64. The van der Waals surface area contributed by atoms with Gasteiger partial charge in [0.25, 0.3) is 0 Å². The lowest BCUT2D eigenvalue weighted by molar-refractivity contribution is -0.119. The van der Waals surface area contributed by atoms with Crippen LogP contribution in [0.2, 0.25) is 0 Å². The summed E-state index contributed by atoms with van der Waals surface area (Å²) in [5.74, 6) is -0.503. The smallest absolute Gasteiger partial charge is 0.235 e. The number of hydrogen-bond acceptors (Lipinski definition) is 6. The highest BCUT2D eigenvalue weighted by atomic mass is 79.9. The first-order valence-corrected chi connectivity index (χ1v) is 11.3. The van der Waals surface area contributed by atoms with Crippen molar-refractivity contribution in [2.45, 2.75) is 24.6 Å². The molecular weight excluding hydrogens is 432 g/mol. The van der Waals surface area contributed by atoms with Crippen molar-refractivity contribution in [1.29, 1.82) is 0 Å². The largest absolute Gasteiger partial charge is 0.351 e. The second-order valence-corrected chi connectivity index (χ2v) is 9.54. The van der Waals surface area contributed by atoms with E-state index >= 15 is 0 Å². The van der Waals surface area contributed by atoms with Crippen LogP contribution in [-0.4, -0.2) is 49.2 Å². The van der Waals surface area contributed by atoms with Gasteiger partial charge in [-0.15, -0.1) is 0 Å². The molecule has 0 aliphatic carbocycles. The van der Waals surface area contributed by atoms with Gasteiger partial charge in [0.15, 0.2) is 9.84 Å².